The van der Waals surface area contributed by atoms with Crippen LogP contribution in [0.2, 0.25) is 0 Å². The molecule has 1 rings (SSSR count). The highest BCUT2D eigenvalue weighted by Crippen LogP contribution is 2.25. The van der Waals surface area contributed by atoms with Crippen LogP contribution in [0.25, 0.3) is 0 Å². The Hall–Kier alpha value is -0.550. The molecule has 0 aliphatic carbocycles. The van der Waals surface area contributed by atoms with Gasteiger partial charge >= 0.3 is 0 Å². The van der Waals surface area contributed by atoms with Gasteiger partial charge in [-0.25, -0.2) is 8.42 Å². The molecule has 0 saturated carbocycles. The number of aryl methyl sites for hydroxylation is 2. The van der Waals surface area contributed by atoms with Crippen LogP contribution in [0.5, 0.6) is 0 Å². The van der Waals surface area contributed by atoms with E-state index in [9.17, 15) is 8.42 Å². The Bertz CT molecular complexity index is 488. The first kappa shape index (κ1) is 14.5. The van der Waals surface area contributed by atoms with Gasteiger partial charge in [-0.1, -0.05) is 15.9 Å². The van der Waals surface area contributed by atoms with Crippen molar-refractivity contribution in [1.82, 2.24) is 0 Å². The van der Waals surface area contributed by atoms with Gasteiger partial charge in [-0.3, -0.25) is 0 Å². The second-order valence-electron chi connectivity index (χ2n) is 4.56. The minimum atomic E-state index is -2.94. The zero-order valence-corrected chi connectivity index (χ0v) is 12.9. The molecule has 0 aliphatic heterocycles. The summed E-state index contributed by atoms with van der Waals surface area (Å²) in [7, 11) is -2.94. The lowest BCUT2D eigenvalue weighted by Gasteiger charge is -2.16. The number of nitrogens with one attached hydrogen (secondary N) is 1. The second kappa shape index (κ2) is 5.40. The molecule has 0 amide bonds. The molecule has 0 aromatic heterocycles. The third kappa shape index (κ3) is 4.68. The van der Waals surface area contributed by atoms with Crippen molar-refractivity contribution in [2.24, 2.45) is 0 Å². The van der Waals surface area contributed by atoms with Crippen molar-refractivity contribution in [3.63, 3.8) is 0 Å². The Balaban J connectivity index is 2.82. The molecule has 0 heterocycles. The van der Waals surface area contributed by atoms with Gasteiger partial charge in [-0.15, -0.1) is 0 Å². The molecule has 17 heavy (non-hydrogen) atoms. The van der Waals surface area contributed by atoms with Crippen LogP contribution in [0, 0.1) is 13.8 Å². The summed E-state index contributed by atoms with van der Waals surface area (Å²) in [6.45, 7) is 5.90. The van der Waals surface area contributed by atoms with Gasteiger partial charge in [0.15, 0.2) is 0 Å². The summed E-state index contributed by atoms with van der Waals surface area (Å²) in [6.07, 6.45) is 1.25. The number of hydrogen-bond donors (Lipinski definition) is 1. The van der Waals surface area contributed by atoms with Gasteiger partial charge in [0.1, 0.15) is 9.84 Å². The van der Waals surface area contributed by atoms with Crippen molar-refractivity contribution in [3.8, 4) is 0 Å². The SMILES string of the molecule is Cc1cc(N[C@@H](C)CS(C)(=O)=O)cc(C)c1Br. The first-order valence-electron chi connectivity index (χ1n) is 5.40. The van der Waals surface area contributed by atoms with Gasteiger partial charge in [0.25, 0.3) is 0 Å². The predicted octanol–water partition coefficient (Wildman–Crippen LogP) is 2.91. The van der Waals surface area contributed by atoms with Crippen molar-refractivity contribution < 1.29 is 8.42 Å². The average Bonchev–Trinajstić information content (AvgIpc) is 2.10. The molecule has 1 atom stereocenters. The smallest absolute Gasteiger partial charge is 0.149 e. The largest absolute Gasteiger partial charge is 0.382 e. The van der Waals surface area contributed by atoms with Crippen LogP contribution in [0.1, 0.15) is 18.1 Å². The van der Waals surface area contributed by atoms with E-state index in [-0.39, 0.29) is 11.8 Å². The molecule has 1 N–H and O–H groups in total. The summed E-state index contributed by atoms with van der Waals surface area (Å²) in [5, 5.41) is 3.21. The van der Waals surface area contributed by atoms with Crippen LogP contribution in [0.4, 0.5) is 5.69 Å². The minimum absolute atomic E-state index is 0.0926. The maximum atomic E-state index is 11.2. The van der Waals surface area contributed by atoms with Crippen LogP contribution in [0.15, 0.2) is 16.6 Å². The number of benzene rings is 1. The third-order valence-corrected chi connectivity index (χ3v) is 4.76. The standard InChI is InChI=1S/C12H18BrNO2S/c1-8-5-11(6-9(2)12(8)13)14-10(3)7-17(4,15)16/h5-6,10,14H,7H2,1-4H3/t10-/m0/s1. The van der Waals surface area contributed by atoms with Gasteiger partial charge in [0.2, 0.25) is 0 Å². The molecule has 0 saturated heterocycles. The van der Waals surface area contributed by atoms with E-state index in [0.29, 0.717) is 0 Å². The van der Waals surface area contributed by atoms with Crippen molar-refractivity contribution in [1.29, 1.82) is 0 Å². The molecular weight excluding hydrogens is 302 g/mol. The highest BCUT2D eigenvalue weighted by molar-refractivity contribution is 9.10. The van der Waals surface area contributed by atoms with Crippen molar-refractivity contribution in [3.05, 3.63) is 27.7 Å². The van der Waals surface area contributed by atoms with E-state index in [2.05, 4.69) is 21.2 Å². The number of halogens is 1. The van der Waals surface area contributed by atoms with Crippen molar-refractivity contribution in [2.75, 3.05) is 17.3 Å². The van der Waals surface area contributed by atoms with Crippen LogP contribution >= 0.6 is 15.9 Å². The summed E-state index contributed by atoms with van der Waals surface area (Å²) in [5.74, 6) is 0.140. The molecule has 0 spiro atoms. The molecule has 0 radical (unpaired) electrons. The molecule has 1 aromatic carbocycles. The van der Waals surface area contributed by atoms with E-state index in [0.717, 1.165) is 21.3 Å². The Morgan fingerprint density at radius 2 is 1.76 bits per heavy atom. The molecular formula is C12H18BrNO2S. The first-order chi connectivity index (χ1) is 7.69. The van der Waals surface area contributed by atoms with E-state index in [1.807, 2.05) is 32.9 Å². The van der Waals surface area contributed by atoms with Crippen LogP contribution in [-0.2, 0) is 9.84 Å². The second-order valence-corrected chi connectivity index (χ2v) is 7.54. The van der Waals surface area contributed by atoms with E-state index < -0.39 is 9.84 Å². The fourth-order valence-corrected chi connectivity index (χ4v) is 3.03. The van der Waals surface area contributed by atoms with Gasteiger partial charge < -0.3 is 5.32 Å². The summed E-state index contributed by atoms with van der Waals surface area (Å²) in [6, 6.07) is 3.93. The maximum absolute atomic E-state index is 11.2. The number of sulfone groups is 1. The molecule has 96 valence electrons. The summed E-state index contributed by atoms with van der Waals surface area (Å²) in [5.41, 5.74) is 3.23. The monoisotopic (exact) mass is 319 g/mol. The summed E-state index contributed by atoms with van der Waals surface area (Å²) in [4.78, 5) is 0. The quantitative estimate of drug-likeness (QED) is 0.928. The number of rotatable bonds is 4. The van der Waals surface area contributed by atoms with E-state index in [4.69, 9.17) is 0 Å². The molecule has 3 nitrogen and oxygen atoms in total. The fourth-order valence-electron chi connectivity index (χ4n) is 1.81. The molecule has 1 aromatic rings. The van der Waals surface area contributed by atoms with E-state index in [1.165, 1.54) is 6.26 Å². The molecule has 0 fully saturated rings. The zero-order chi connectivity index (χ0) is 13.2. The Morgan fingerprint density at radius 1 is 1.29 bits per heavy atom. The summed E-state index contributed by atoms with van der Waals surface area (Å²) < 4.78 is 23.4. The lowest BCUT2D eigenvalue weighted by Crippen LogP contribution is -2.25. The maximum Gasteiger partial charge on any atom is 0.149 e. The highest BCUT2D eigenvalue weighted by atomic mass is 79.9. The lowest BCUT2D eigenvalue weighted by atomic mass is 10.1. The molecule has 0 unspecified atom stereocenters. The Kier molecular flexibility index (Phi) is 4.61. The van der Waals surface area contributed by atoms with Crippen LogP contribution < -0.4 is 5.32 Å². The van der Waals surface area contributed by atoms with Crippen molar-refractivity contribution in [2.45, 2.75) is 26.8 Å². The van der Waals surface area contributed by atoms with Crippen LogP contribution in [0.3, 0.4) is 0 Å². The normalized spacial score (nSPS) is 13.5. The fraction of sp³-hybridized carbons (Fsp3) is 0.500. The Morgan fingerprint density at radius 3 is 2.18 bits per heavy atom. The van der Waals surface area contributed by atoms with Gasteiger partial charge in [-0.2, -0.15) is 0 Å². The number of anilines is 1. The third-order valence-electron chi connectivity index (χ3n) is 2.40. The first-order valence-corrected chi connectivity index (χ1v) is 8.25. The van der Waals surface area contributed by atoms with Crippen molar-refractivity contribution >= 4 is 31.5 Å². The Labute approximate surface area is 112 Å². The number of hydrogen-bond acceptors (Lipinski definition) is 3. The van der Waals surface area contributed by atoms with Gasteiger partial charge in [0.05, 0.1) is 5.75 Å². The van der Waals surface area contributed by atoms with E-state index in [1.54, 1.807) is 0 Å². The zero-order valence-electron chi connectivity index (χ0n) is 10.5. The molecule has 5 heteroatoms. The molecule has 0 aliphatic rings. The van der Waals surface area contributed by atoms with Gasteiger partial charge in [-0.05, 0) is 44.0 Å². The average molecular weight is 320 g/mol. The highest BCUT2D eigenvalue weighted by Gasteiger charge is 2.11. The minimum Gasteiger partial charge on any atom is -0.382 e. The van der Waals surface area contributed by atoms with E-state index >= 15 is 0 Å². The van der Waals surface area contributed by atoms with Gasteiger partial charge in [0, 0.05) is 22.5 Å². The summed E-state index contributed by atoms with van der Waals surface area (Å²) >= 11 is 3.50. The topological polar surface area (TPSA) is 46.2 Å². The lowest BCUT2D eigenvalue weighted by molar-refractivity contribution is 0.598. The molecule has 0 bridgehead atoms. The van der Waals surface area contributed by atoms with Crippen LogP contribution in [-0.4, -0.2) is 26.5 Å². The predicted molar refractivity (Wildman–Crippen MR) is 76.4 cm³/mol.